The fraction of sp³-hybridized carbons (Fsp3) is 0.500. The molecule has 1 rings (SSSR count). The minimum Gasteiger partial charge on any atom is -0.496 e. The fourth-order valence-corrected chi connectivity index (χ4v) is 2.00. The highest BCUT2D eigenvalue weighted by atomic mass is 16.5. The molecular weight excluding hydrogens is 208 g/mol. The second-order valence-corrected chi connectivity index (χ2v) is 5.01. The zero-order valence-electron chi connectivity index (χ0n) is 11.7. The van der Waals surface area contributed by atoms with Crippen LogP contribution in [0.5, 0.6) is 5.75 Å². The van der Waals surface area contributed by atoms with Crippen LogP contribution in [0.2, 0.25) is 0 Å². The van der Waals surface area contributed by atoms with Gasteiger partial charge in [-0.2, -0.15) is 0 Å². The van der Waals surface area contributed by atoms with Crippen LogP contribution in [0.25, 0.3) is 0 Å². The molecule has 1 heteroatoms. The maximum Gasteiger partial charge on any atom is 0.122 e. The van der Waals surface area contributed by atoms with E-state index in [-0.39, 0.29) is 0 Å². The molecule has 1 nitrogen and oxygen atoms in total. The first-order valence-corrected chi connectivity index (χ1v) is 6.32. The molecule has 0 radical (unpaired) electrons. The highest BCUT2D eigenvalue weighted by Gasteiger charge is 2.10. The van der Waals surface area contributed by atoms with Crippen molar-refractivity contribution in [3.63, 3.8) is 0 Å². The summed E-state index contributed by atoms with van der Waals surface area (Å²) in [6.07, 6.45) is 4.61. The summed E-state index contributed by atoms with van der Waals surface area (Å²) >= 11 is 0. The second kappa shape index (κ2) is 6.48. The summed E-state index contributed by atoms with van der Waals surface area (Å²) in [4.78, 5) is 0. The number of hydrogen-bond donors (Lipinski definition) is 0. The van der Waals surface area contributed by atoms with Gasteiger partial charge in [-0.3, -0.25) is 0 Å². The third kappa shape index (κ3) is 4.26. The molecule has 0 spiro atoms. The normalized spacial score (nSPS) is 12.1. The third-order valence-corrected chi connectivity index (χ3v) is 3.07. The first kappa shape index (κ1) is 13.8. The van der Waals surface area contributed by atoms with E-state index in [4.69, 9.17) is 4.74 Å². The Hall–Kier alpha value is -1.24. The molecular formula is C16H24O. The Morgan fingerprint density at radius 2 is 2.06 bits per heavy atom. The van der Waals surface area contributed by atoms with Crippen LogP contribution in [0.3, 0.4) is 0 Å². The second-order valence-electron chi connectivity index (χ2n) is 5.01. The number of aryl methyl sites for hydroxylation is 1. The van der Waals surface area contributed by atoms with E-state index < -0.39 is 0 Å². The third-order valence-electron chi connectivity index (χ3n) is 3.07. The summed E-state index contributed by atoms with van der Waals surface area (Å²) in [5, 5.41) is 0. The molecule has 0 bridgehead atoms. The van der Waals surface area contributed by atoms with Crippen molar-refractivity contribution >= 4 is 0 Å². The standard InChI is InChI=1S/C16H24O/c1-12(2)7-6-8-14(4)15-10-9-13(3)11-16(15)17-5/h7,9-11,14H,6,8H2,1-5H3/t14-/m1/s1. The van der Waals surface area contributed by atoms with Gasteiger partial charge in [-0.15, -0.1) is 0 Å². The van der Waals surface area contributed by atoms with Crippen LogP contribution >= 0.6 is 0 Å². The number of rotatable bonds is 5. The van der Waals surface area contributed by atoms with Crippen LogP contribution in [-0.2, 0) is 0 Å². The van der Waals surface area contributed by atoms with E-state index in [0.29, 0.717) is 5.92 Å². The number of ether oxygens (including phenoxy) is 1. The molecule has 0 aliphatic carbocycles. The van der Waals surface area contributed by atoms with Crippen LogP contribution in [-0.4, -0.2) is 7.11 Å². The average molecular weight is 232 g/mol. The zero-order chi connectivity index (χ0) is 12.8. The molecule has 0 aliphatic heterocycles. The summed E-state index contributed by atoms with van der Waals surface area (Å²) in [5.74, 6) is 1.57. The molecule has 0 saturated carbocycles. The van der Waals surface area contributed by atoms with Gasteiger partial charge in [0.2, 0.25) is 0 Å². The molecule has 1 aromatic carbocycles. The fourth-order valence-electron chi connectivity index (χ4n) is 2.00. The largest absolute Gasteiger partial charge is 0.496 e. The molecule has 0 N–H and O–H groups in total. The van der Waals surface area contributed by atoms with E-state index in [2.05, 4.69) is 52.0 Å². The minimum absolute atomic E-state index is 0.543. The van der Waals surface area contributed by atoms with E-state index in [1.807, 2.05) is 0 Å². The molecule has 17 heavy (non-hydrogen) atoms. The van der Waals surface area contributed by atoms with Crippen LogP contribution in [0.1, 0.15) is 50.7 Å². The maximum absolute atomic E-state index is 5.46. The first-order valence-electron chi connectivity index (χ1n) is 6.32. The lowest BCUT2D eigenvalue weighted by atomic mass is 9.94. The Kier molecular flexibility index (Phi) is 5.27. The molecule has 94 valence electrons. The molecule has 0 saturated heterocycles. The van der Waals surface area contributed by atoms with Crippen LogP contribution in [0, 0.1) is 6.92 Å². The molecule has 1 aromatic rings. The van der Waals surface area contributed by atoms with Gasteiger partial charge in [-0.25, -0.2) is 0 Å². The number of allylic oxidation sites excluding steroid dienone is 2. The van der Waals surface area contributed by atoms with Gasteiger partial charge in [-0.05, 0) is 56.7 Å². The number of benzene rings is 1. The molecule has 0 heterocycles. The van der Waals surface area contributed by atoms with Gasteiger partial charge in [0.1, 0.15) is 5.75 Å². The zero-order valence-corrected chi connectivity index (χ0v) is 11.7. The maximum atomic E-state index is 5.46. The van der Waals surface area contributed by atoms with Crippen molar-refractivity contribution in [3.05, 3.63) is 41.0 Å². The number of methoxy groups -OCH3 is 1. The highest BCUT2D eigenvalue weighted by molar-refractivity contribution is 5.39. The van der Waals surface area contributed by atoms with Crippen LogP contribution in [0.4, 0.5) is 0 Å². The van der Waals surface area contributed by atoms with Gasteiger partial charge in [0, 0.05) is 0 Å². The predicted molar refractivity (Wildman–Crippen MR) is 74.8 cm³/mol. The summed E-state index contributed by atoms with van der Waals surface area (Å²) in [7, 11) is 1.75. The Bertz CT molecular complexity index is 387. The van der Waals surface area contributed by atoms with Gasteiger partial charge in [0.15, 0.2) is 0 Å². The summed E-state index contributed by atoms with van der Waals surface area (Å²) in [6, 6.07) is 6.48. The lowest BCUT2D eigenvalue weighted by Gasteiger charge is -2.15. The smallest absolute Gasteiger partial charge is 0.122 e. The van der Waals surface area contributed by atoms with Crippen molar-refractivity contribution in [2.45, 2.75) is 46.5 Å². The number of hydrogen-bond acceptors (Lipinski definition) is 1. The molecule has 1 atom stereocenters. The van der Waals surface area contributed by atoms with Crippen molar-refractivity contribution in [2.24, 2.45) is 0 Å². The topological polar surface area (TPSA) is 9.23 Å². The molecule has 0 amide bonds. The average Bonchev–Trinajstić information content (AvgIpc) is 2.28. The summed E-state index contributed by atoms with van der Waals surface area (Å²) in [6.45, 7) is 8.67. The Morgan fingerprint density at radius 1 is 1.35 bits per heavy atom. The van der Waals surface area contributed by atoms with E-state index in [1.54, 1.807) is 7.11 Å². The molecule has 0 unspecified atom stereocenters. The first-order chi connectivity index (χ1) is 8.04. The molecule has 0 fully saturated rings. The van der Waals surface area contributed by atoms with Crippen molar-refractivity contribution < 1.29 is 4.74 Å². The van der Waals surface area contributed by atoms with Crippen LogP contribution in [0.15, 0.2) is 29.8 Å². The predicted octanol–water partition coefficient (Wildman–Crippen LogP) is 4.85. The van der Waals surface area contributed by atoms with Crippen molar-refractivity contribution in [1.29, 1.82) is 0 Å². The van der Waals surface area contributed by atoms with Gasteiger partial charge in [0.25, 0.3) is 0 Å². The lowest BCUT2D eigenvalue weighted by molar-refractivity contribution is 0.405. The molecule has 0 aromatic heterocycles. The molecule has 0 aliphatic rings. The van der Waals surface area contributed by atoms with Gasteiger partial charge >= 0.3 is 0 Å². The Labute approximate surface area is 106 Å². The van der Waals surface area contributed by atoms with Crippen LogP contribution < -0.4 is 4.74 Å². The Balaban J connectivity index is 2.74. The minimum atomic E-state index is 0.543. The monoisotopic (exact) mass is 232 g/mol. The van der Waals surface area contributed by atoms with Gasteiger partial charge in [0.05, 0.1) is 7.11 Å². The van der Waals surface area contributed by atoms with Gasteiger partial charge < -0.3 is 4.74 Å². The summed E-state index contributed by atoms with van der Waals surface area (Å²) in [5.41, 5.74) is 3.97. The van der Waals surface area contributed by atoms with E-state index in [1.165, 1.54) is 23.1 Å². The van der Waals surface area contributed by atoms with E-state index in [9.17, 15) is 0 Å². The van der Waals surface area contributed by atoms with E-state index in [0.717, 1.165) is 12.2 Å². The lowest BCUT2D eigenvalue weighted by Crippen LogP contribution is -1.98. The van der Waals surface area contributed by atoms with E-state index >= 15 is 0 Å². The van der Waals surface area contributed by atoms with Crippen molar-refractivity contribution in [3.8, 4) is 5.75 Å². The van der Waals surface area contributed by atoms with Gasteiger partial charge in [-0.1, -0.05) is 30.7 Å². The SMILES string of the molecule is COc1cc(C)ccc1[C@H](C)CCC=C(C)C. The summed E-state index contributed by atoms with van der Waals surface area (Å²) < 4.78 is 5.46. The highest BCUT2D eigenvalue weighted by Crippen LogP contribution is 2.30. The van der Waals surface area contributed by atoms with Crippen molar-refractivity contribution in [1.82, 2.24) is 0 Å². The Morgan fingerprint density at radius 3 is 2.65 bits per heavy atom. The van der Waals surface area contributed by atoms with Crippen molar-refractivity contribution in [2.75, 3.05) is 7.11 Å². The quantitative estimate of drug-likeness (QED) is 0.659.